The van der Waals surface area contributed by atoms with Crippen molar-refractivity contribution >= 4 is 59.1 Å². The van der Waals surface area contributed by atoms with E-state index in [2.05, 4.69) is 47.8 Å². The highest BCUT2D eigenvalue weighted by Gasteiger charge is 2.17. The Hall–Kier alpha value is 0.120. The molecule has 1 aromatic carbocycles. The molecule has 0 amide bonds. The maximum Gasteiger partial charge on any atom is 0.133 e. The maximum absolute atomic E-state index is 10.4. The SMILES string of the molecule is CCOc1ccc(C(O)c2cc(Br)sc2Br)cc1Br. The molecule has 19 heavy (non-hydrogen) atoms. The summed E-state index contributed by atoms with van der Waals surface area (Å²) in [6.45, 7) is 2.55. The Morgan fingerprint density at radius 3 is 2.53 bits per heavy atom. The minimum Gasteiger partial charge on any atom is -0.493 e. The van der Waals surface area contributed by atoms with Crippen LogP contribution < -0.4 is 4.74 Å². The van der Waals surface area contributed by atoms with Crippen molar-refractivity contribution in [2.75, 3.05) is 6.61 Å². The van der Waals surface area contributed by atoms with Gasteiger partial charge in [-0.15, -0.1) is 11.3 Å². The molecule has 0 bridgehead atoms. The van der Waals surface area contributed by atoms with Crippen molar-refractivity contribution in [3.63, 3.8) is 0 Å². The summed E-state index contributed by atoms with van der Waals surface area (Å²) in [5, 5.41) is 10.4. The Labute approximate surface area is 141 Å². The molecule has 6 heteroatoms. The number of aliphatic hydroxyl groups excluding tert-OH is 1. The van der Waals surface area contributed by atoms with Crippen LogP contribution in [0.4, 0.5) is 0 Å². The highest BCUT2D eigenvalue weighted by atomic mass is 79.9. The Kier molecular flexibility index (Phi) is 5.48. The number of hydrogen-bond donors (Lipinski definition) is 1. The number of halogens is 3. The van der Waals surface area contributed by atoms with Crippen molar-refractivity contribution in [1.82, 2.24) is 0 Å². The topological polar surface area (TPSA) is 29.5 Å². The van der Waals surface area contributed by atoms with E-state index in [1.165, 1.54) is 0 Å². The average molecular weight is 471 g/mol. The molecule has 0 saturated carbocycles. The lowest BCUT2D eigenvalue weighted by molar-refractivity contribution is 0.220. The van der Waals surface area contributed by atoms with E-state index in [0.717, 1.165) is 28.9 Å². The smallest absolute Gasteiger partial charge is 0.133 e. The monoisotopic (exact) mass is 468 g/mol. The lowest BCUT2D eigenvalue weighted by atomic mass is 10.0. The van der Waals surface area contributed by atoms with Gasteiger partial charge in [-0.3, -0.25) is 0 Å². The predicted octanol–water partition coefficient (Wildman–Crippen LogP) is 5.52. The number of benzene rings is 1. The van der Waals surface area contributed by atoms with Crippen LogP contribution in [-0.2, 0) is 0 Å². The summed E-state index contributed by atoms with van der Waals surface area (Å²) in [6, 6.07) is 7.54. The molecule has 0 aliphatic rings. The molecule has 0 radical (unpaired) electrons. The van der Waals surface area contributed by atoms with Crippen molar-refractivity contribution in [3.8, 4) is 5.75 Å². The third kappa shape index (κ3) is 3.61. The van der Waals surface area contributed by atoms with Crippen LogP contribution in [0, 0.1) is 0 Å². The molecule has 0 spiro atoms. The molecule has 0 fully saturated rings. The zero-order chi connectivity index (χ0) is 14.0. The third-order valence-electron chi connectivity index (χ3n) is 2.55. The highest BCUT2D eigenvalue weighted by Crippen LogP contribution is 2.39. The first-order chi connectivity index (χ1) is 9.02. The lowest BCUT2D eigenvalue weighted by Gasteiger charge is -2.13. The second-order valence-electron chi connectivity index (χ2n) is 3.80. The van der Waals surface area contributed by atoms with E-state index in [1.54, 1.807) is 11.3 Å². The summed E-state index contributed by atoms with van der Waals surface area (Å²) in [5.74, 6) is 0.781. The number of aliphatic hydroxyl groups is 1. The van der Waals surface area contributed by atoms with Gasteiger partial charge in [0.25, 0.3) is 0 Å². The second-order valence-corrected chi connectivity index (χ2v) is 8.41. The van der Waals surface area contributed by atoms with Gasteiger partial charge >= 0.3 is 0 Å². The second kappa shape index (κ2) is 6.72. The predicted molar refractivity (Wildman–Crippen MR) is 89.1 cm³/mol. The zero-order valence-corrected chi connectivity index (χ0v) is 15.6. The molecule has 1 unspecified atom stereocenters. The van der Waals surface area contributed by atoms with Crippen LogP contribution >= 0.6 is 59.1 Å². The highest BCUT2D eigenvalue weighted by molar-refractivity contribution is 9.12. The van der Waals surface area contributed by atoms with Gasteiger partial charge in [0.1, 0.15) is 11.9 Å². The average Bonchev–Trinajstić information content (AvgIpc) is 2.70. The van der Waals surface area contributed by atoms with Crippen LogP contribution in [0.3, 0.4) is 0 Å². The van der Waals surface area contributed by atoms with Crippen molar-refractivity contribution in [1.29, 1.82) is 0 Å². The first-order valence-electron chi connectivity index (χ1n) is 5.58. The van der Waals surface area contributed by atoms with Gasteiger partial charge in [-0.1, -0.05) is 6.07 Å². The van der Waals surface area contributed by atoms with Gasteiger partial charge in [0.15, 0.2) is 0 Å². The summed E-state index contributed by atoms with van der Waals surface area (Å²) in [6.07, 6.45) is -0.663. The Morgan fingerprint density at radius 1 is 1.26 bits per heavy atom. The van der Waals surface area contributed by atoms with E-state index in [-0.39, 0.29) is 0 Å². The van der Waals surface area contributed by atoms with Gasteiger partial charge in [-0.05, 0) is 78.5 Å². The Balaban J connectivity index is 2.31. The van der Waals surface area contributed by atoms with E-state index < -0.39 is 6.10 Å². The standard InChI is InChI=1S/C13H11Br3O2S/c1-2-18-10-4-3-7(5-9(10)14)12(17)8-6-11(15)19-13(8)16/h3-6,12,17H,2H2,1H3. The molecule has 0 aliphatic heterocycles. The molecule has 2 aromatic rings. The number of rotatable bonds is 4. The molecule has 2 nitrogen and oxygen atoms in total. The summed E-state index contributed by atoms with van der Waals surface area (Å²) in [5.41, 5.74) is 1.68. The minimum absolute atomic E-state index is 0.615. The van der Waals surface area contributed by atoms with E-state index in [0.29, 0.717) is 6.61 Å². The van der Waals surface area contributed by atoms with Crippen LogP contribution in [0.15, 0.2) is 36.3 Å². The molecule has 1 aromatic heterocycles. The minimum atomic E-state index is -0.663. The van der Waals surface area contributed by atoms with Crippen molar-refractivity contribution in [2.24, 2.45) is 0 Å². The summed E-state index contributed by atoms with van der Waals surface area (Å²) >= 11 is 11.9. The Bertz CT molecular complexity index is 583. The van der Waals surface area contributed by atoms with Gasteiger partial charge in [0.05, 0.1) is 18.7 Å². The fourth-order valence-corrected chi connectivity index (χ4v) is 5.07. The molecule has 1 heterocycles. The van der Waals surface area contributed by atoms with Gasteiger partial charge in [-0.2, -0.15) is 0 Å². The van der Waals surface area contributed by atoms with Gasteiger partial charge in [0, 0.05) is 5.56 Å². The molecule has 0 aliphatic carbocycles. The number of thiophene rings is 1. The van der Waals surface area contributed by atoms with Crippen molar-refractivity contribution in [3.05, 3.63) is 47.4 Å². The number of ether oxygens (including phenoxy) is 1. The summed E-state index contributed by atoms with van der Waals surface area (Å²) in [7, 11) is 0. The van der Waals surface area contributed by atoms with E-state index >= 15 is 0 Å². The summed E-state index contributed by atoms with van der Waals surface area (Å²) in [4.78, 5) is 0. The fourth-order valence-electron chi connectivity index (χ4n) is 1.68. The lowest BCUT2D eigenvalue weighted by Crippen LogP contribution is -2.00. The molecule has 1 N–H and O–H groups in total. The molecule has 0 saturated heterocycles. The van der Waals surface area contributed by atoms with Gasteiger partial charge < -0.3 is 9.84 Å². The zero-order valence-electron chi connectivity index (χ0n) is 9.99. The number of hydrogen-bond acceptors (Lipinski definition) is 3. The van der Waals surface area contributed by atoms with Crippen LogP contribution in [0.5, 0.6) is 5.75 Å². The first kappa shape index (κ1) is 15.5. The van der Waals surface area contributed by atoms with Gasteiger partial charge in [-0.25, -0.2) is 0 Å². The molecule has 1 atom stereocenters. The first-order valence-corrected chi connectivity index (χ1v) is 8.77. The van der Waals surface area contributed by atoms with Crippen LogP contribution in [0.2, 0.25) is 0 Å². The van der Waals surface area contributed by atoms with E-state index in [4.69, 9.17) is 4.74 Å². The van der Waals surface area contributed by atoms with E-state index in [1.807, 2.05) is 31.2 Å². The van der Waals surface area contributed by atoms with Crippen LogP contribution in [0.25, 0.3) is 0 Å². The molecular weight excluding hydrogens is 460 g/mol. The largest absolute Gasteiger partial charge is 0.493 e. The van der Waals surface area contributed by atoms with Gasteiger partial charge in [0.2, 0.25) is 0 Å². The summed E-state index contributed by atoms with van der Waals surface area (Å²) < 4.78 is 8.22. The molecule has 2 rings (SSSR count). The maximum atomic E-state index is 10.4. The molecule has 102 valence electrons. The van der Waals surface area contributed by atoms with Crippen LogP contribution in [0.1, 0.15) is 24.2 Å². The fraction of sp³-hybridized carbons (Fsp3) is 0.231. The van der Waals surface area contributed by atoms with Crippen molar-refractivity contribution in [2.45, 2.75) is 13.0 Å². The normalized spacial score (nSPS) is 12.5. The van der Waals surface area contributed by atoms with E-state index in [9.17, 15) is 5.11 Å². The quantitative estimate of drug-likeness (QED) is 0.638. The Morgan fingerprint density at radius 2 is 2.00 bits per heavy atom. The van der Waals surface area contributed by atoms with Crippen molar-refractivity contribution < 1.29 is 9.84 Å². The molecular formula is C13H11Br3O2S. The van der Waals surface area contributed by atoms with Crippen LogP contribution in [-0.4, -0.2) is 11.7 Å². The third-order valence-corrected chi connectivity index (χ3v) is 5.55.